The summed E-state index contributed by atoms with van der Waals surface area (Å²) in [6.07, 6.45) is -2.88. The van der Waals surface area contributed by atoms with E-state index >= 15 is 0 Å². The molecular weight excluding hydrogens is 911 g/mol. The SMILES string of the molecule is CC[C@H](C)[C@H](N)C(=O)N[C@@H](CCC(=O)O)C(=O)N[C@H](C(=O)N[C@@H](CCC(=O)O)C(=O)N[C@H](C(=O)N[C@@H](CCC(=O)O)C(=O)N[C@H](C(=O)N[C@@H](CCC(=O)O)C(N)=O)[C@@H](C)CC)[C@@H](C)CC)[C@@H](C)CC. The maximum atomic E-state index is 14.1. The number of carboxylic acids is 4. The Morgan fingerprint density at radius 2 is 0.594 bits per heavy atom. The molecule has 25 heteroatoms. The van der Waals surface area contributed by atoms with Gasteiger partial charge in [-0.1, -0.05) is 81.1 Å². The zero-order chi connectivity index (χ0) is 53.3. The minimum Gasteiger partial charge on any atom is -0.481 e. The Balaban J connectivity index is 6.79. The molecule has 69 heavy (non-hydrogen) atoms. The lowest BCUT2D eigenvalue weighted by atomic mass is 9.95. The second-order valence-corrected chi connectivity index (χ2v) is 17.4. The molecule has 0 saturated heterocycles. The number of hydrogen-bond donors (Lipinski definition) is 13. The highest BCUT2D eigenvalue weighted by Crippen LogP contribution is 2.16. The predicted molar refractivity (Wildman–Crippen MR) is 246 cm³/mol. The van der Waals surface area contributed by atoms with Crippen LogP contribution in [0.25, 0.3) is 0 Å². The van der Waals surface area contributed by atoms with E-state index in [1.165, 1.54) is 0 Å². The van der Waals surface area contributed by atoms with Crippen molar-refractivity contribution < 1.29 is 78.0 Å². The Hall–Kier alpha value is -6.40. The van der Waals surface area contributed by atoms with Crippen LogP contribution in [0.1, 0.15) is 132 Å². The standard InChI is InChI=1S/C44H75N9O16/c1-9-21(5)33(45)41(66)48-26(14-18-30(56)57)38(63)52-35(23(7)11-3)43(68)50-28(16-20-32(60)61)40(65)53-36(24(8)12-4)44(69)49-27(15-19-31(58)59)39(64)51-34(22(6)10-2)42(67)47-25(37(46)62)13-17-29(54)55/h21-28,33-36H,9-20,45H2,1-8H3,(H2,46,62)(H,47,67)(H,48,66)(H,49,69)(H,50,68)(H,51,64)(H,52,63)(H,53,65)(H,54,55)(H,56,57)(H,58,59)(H,60,61)/t21-,22-,23-,24-,25-,26-,27-,28-,33-,34-,35-,36-/m0/s1. The highest BCUT2D eigenvalue weighted by molar-refractivity contribution is 5.98. The maximum Gasteiger partial charge on any atom is 0.303 e. The molecule has 0 rings (SSSR count). The lowest BCUT2D eigenvalue weighted by Crippen LogP contribution is -2.62. The molecular formula is C44H75N9O16. The average molecular weight is 986 g/mol. The van der Waals surface area contributed by atoms with E-state index in [0.29, 0.717) is 6.42 Å². The minimum absolute atomic E-state index is 0.222. The van der Waals surface area contributed by atoms with Gasteiger partial charge in [-0.3, -0.25) is 57.5 Å². The Morgan fingerprint density at radius 3 is 0.826 bits per heavy atom. The first-order valence-corrected chi connectivity index (χ1v) is 23.2. The van der Waals surface area contributed by atoms with Crippen LogP contribution in [0.4, 0.5) is 0 Å². The summed E-state index contributed by atoms with van der Waals surface area (Å²) in [5.41, 5.74) is 11.4. The molecule has 25 nitrogen and oxygen atoms in total. The lowest BCUT2D eigenvalue weighted by Gasteiger charge is -2.31. The van der Waals surface area contributed by atoms with Crippen molar-refractivity contribution in [2.75, 3.05) is 0 Å². The number of amides is 8. The monoisotopic (exact) mass is 986 g/mol. The summed E-state index contributed by atoms with van der Waals surface area (Å²) in [5, 5.41) is 54.6. The van der Waals surface area contributed by atoms with Crippen molar-refractivity contribution in [3.05, 3.63) is 0 Å². The van der Waals surface area contributed by atoms with Gasteiger partial charge >= 0.3 is 23.9 Å². The molecule has 0 aliphatic carbocycles. The van der Waals surface area contributed by atoms with Crippen molar-refractivity contribution in [3.8, 4) is 0 Å². The van der Waals surface area contributed by atoms with Gasteiger partial charge in [-0.25, -0.2) is 0 Å². The molecule has 0 aliphatic heterocycles. The summed E-state index contributed by atoms with van der Waals surface area (Å²) >= 11 is 0. The Morgan fingerprint density at radius 1 is 0.362 bits per heavy atom. The molecule has 15 N–H and O–H groups in total. The molecule has 0 aliphatic rings. The van der Waals surface area contributed by atoms with Crippen molar-refractivity contribution in [2.45, 2.75) is 181 Å². The van der Waals surface area contributed by atoms with Crippen LogP contribution in [0.5, 0.6) is 0 Å². The van der Waals surface area contributed by atoms with Crippen LogP contribution in [-0.2, 0) is 57.5 Å². The molecule has 12 atom stereocenters. The van der Waals surface area contributed by atoms with Gasteiger partial charge in [-0.2, -0.15) is 0 Å². The van der Waals surface area contributed by atoms with Gasteiger partial charge in [0, 0.05) is 25.7 Å². The highest BCUT2D eigenvalue weighted by atomic mass is 16.4. The largest absolute Gasteiger partial charge is 0.481 e. The Labute approximate surface area is 401 Å². The first-order valence-electron chi connectivity index (χ1n) is 23.2. The molecule has 0 fully saturated rings. The molecule has 0 bridgehead atoms. The molecule has 8 amide bonds. The first kappa shape index (κ1) is 62.6. The minimum atomic E-state index is -1.66. The lowest BCUT2D eigenvalue weighted by molar-refractivity contribution is -0.139. The number of nitrogens with one attached hydrogen (secondary N) is 7. The van der Waals surface area contributed by atoms with Gasteiger partial charge in [-0.05, 0) is 49.4 Å². The summed E-state index contributed by atoms with van der Waals surface area (Å²) in [5.74, 6) is -15.3. The third-order valence-electron chi connectivity index (χ3n) is 12.1. The number of rotatable bonds is 35. The summed E-state index contributed by atoms with van der Waals surface area (Å²) < 4.78 is 0. The number of primary amides is 1. The summed E-state index contributed by atoms with van der Waals surface area (Å²) in [4.78, 5) is 154. The molecule has 0 aromatic rings. The summed E-state index contributed by atoms with van der Waals surface area (Å²) in [7, 11) is 0. The normalized spacial score (nSPS) is 16.3. The fraction of sp³-hybridized carbons (Fsp3) is 0.727. The molecule has 0 spiro atoms. The zero-order valence-corrected chi connectivity index (χ0v) is 40.8. The van der Waals surface area contributed by atoms with Crippen LogP contribution in [0.3, 0.4) is 0 Å². The quantitative estimate of drug-likeness (QED) is 0.0356. The molecule has 0 heterocycles. The van der Waals surface area contributed by atoms with E-state index in [1.54, 1.807) is 55.4 Å². The van der Waals surface area contributed by atoms with E-state index in [2.05, 4.69) is 37.2 Å². The smallest absolute Gasteiger partial charge is 0.303 e. The van der Waals surface area contributed by atoms with Crippen molar-refractivity contribution in [2.24, 2.45) is 35.1 Å². The predicted octanol–water partition coefficient (Wildman–Crippen LogP) is -1.16. The maximum absolute atomic E-state index is 14.1. The third-order valence-corrected chi connectivity index (χ3v) is 12.1. The Bertz CT molecular complexity index is 1820. The zero-order valence-electron chi connectivity index (χ0n) is 40.8. The second-order valence-electron chi connectivity index (χ2n) is 17.4. The summed E-state index contributed by atoms with van der Waals surface area (Å²) in [6, 6.07) is -11.6. The number of carbonyl (C=O) groups excluding carboxylic acids is 8. The second kappa shape index (κ2) is 31.6. The van der Waals surface area contributed by atoms with Gasteiger partial charge in [0.15, 0.2) is 0 Å². The van der Waals surface area contributed by atoms with Gasteiger partial charge in [-0.15, -0.1) is 0 Å². The van der Waals surface area contributed by atoms with Crippen LogP contribution in [0, 0.1) is 23.7 Å². The van der Waals surface area contributed by atoms with Gasteiger partial charge < -0.3 is 69.1 Å². The summed E-state index contributed by atoms with van der Waals surface area (Å²) in [6.45, 7) is 13.2. The molecule has 0 unspecified atom stereocenters. The van der Waals surface area contributed by atoms with E-state index in [4.69, 9.17) is 16.6 Å². The Kier molecular flexibility index (Phi) is 28.7. The van der Waals surface area contributed by atoms with E-state index < -0.39 is 176 Å². The number of nitrogens with two attached hydrogens (primary N) is 2. The number of carbonyl (C=O) groups is 12. The van der Waals surface area contributed by atoms with Crippen LogP contribution in [0.15, 0.2) is 0 Å². The first-order chi connectivity index (χ1) is 32.1. The molecule has 0 aromatic heterocycles. The van der Waals surface area contributed by atoms with Crippen molar-refractivity contribution in [1.29, 1.82) is 0 Å². The average Bonchev–Trinajstić information content (AvgIpc) is 3.29. The fourth-order valence-corrected chi connectivity index (χ4v) is 6.60. The van der Waals surface area contributed by atoms with Crippen molar-refractivity contribution >= 4 is 71.1 Å². The molecule has 0 saturated carbocycles. The van der Waals surface area contributed by atoms with Crippen LogP contribution >= 0.6 is 0 Å². The van der Waals surface area contributed by atoms with E-state index in [0.717, 1.165) is 0 Å². The molecule has 0 radical (unpaired) electrons. The van der Waals surface area contributed by atoms with Crippen LogP contribution in [-0.4, -0.2) is 140 Å². The number of aliphatic carboxylic acids is 4. The van der Waals surface area contributed by atoms with Gasteiger partial charge in [0.05, 0.1) is 6.04 Å². The van der Waals surface area contributed by atoms with E-state index in [-0.39, 0.29) is 38.0 Å². The number of carboxylic acid groups (broad SMARTS) is 4. The van der Waals surface area contributed by atoms with Gasteiger partial charge in [0.2, 0.25) is 47.3 Å². The molecule has 392 valence electrons. The number of hydrogen-bond acceptors (Lipinski definition) is 13. The van der Waals surface area contributed by atoms with E-state index in [1.807, 2.05) is 0 Å². The van der Waals surface area contributed by atoms with E-state index in [9.17, 15) is 72.9 Å². The van der Waals surface area contributed by atoms with Crippen molar-refractivity contribution in [1.82, 2.24) is 37.2 Å². The van der Waals surface area contributed by atoms with Crippen molar-refractivity contribution in [3.63, 3.8) is 0 Å². The van der Waals surface area contributed by atoms with Gasteiger partial charge in [0.1, 0.15) is 42.3 Å². The fourth-order valence-electron chi connectivity index (χ4n) is 6.60. The van der Waals surface area contributed by atoms with Crippen LogP contribution in [0.2, 0.25) is 0 Å². The molecule has 0 aromatic carbocycles. The topological polar surface area (TPSA) is 422 Å². The highest BCUT2D eigenvalue weighted by Gasteiger charge is 2.38. The van der Waals surface area contributed by atoms with Gasteiger partial charge in [0.25, 0.3) is 0 Å². The third kappa shape index (κ3) is 23.0. The van der Waals surface area contributed by atoms with Crippen LogP contribution < -0.4 is 48.7 Å².